The fourth-order valence-corrected chi connectivity index (χ4v) is 4.76. The van der Waals surface area contributed by atoms with Crippen LogP contribution in [0.4, 0.5) is 0 Å². The van der Waals surface area contributed by atoms with Gasteiger partial charge in [0.25, 0.3) is 0 Å². The van der Waals surface area contributed by atoms with Crippen LogP contribution in [0.1, 0.15) is 43.2 Å². The summed E-state index contributed by atoms with van der Waals surface area (Å²) in [7, 11) is 0. The molecule has 1 aliphatic heterocycles. The highest BCUT2D eigenvalue weighted by molar-refractivity contribution is 7.98. The minimum Gasteiger partial charge on any atom is -0.355 e. The predicted octanol–water partition coefficient (Wildman–Crippen LogP) is 3.14. The number of hydrogen-bond acceptors (Lipinski definition) is 3. The van der Waals surface area contributed by atoms with E-state index in [4.69, 9.17) is 0 Å². The molecule has 0 radical (unpaired) electrons. The fourth-order valence-electron chi connectivity index (χ4n) is 3.82. The maximum Gasteiger partial charge on any atom is 0.225 e. The highest BCUT2D eigenvalue weighted by Gasteiger charge is 2.38. The number of hydrogen-bond donors (Lipinski definition) is 1. The monoisotopic (exact) mass is 360 g/mol. The molecule has 3 rings (SSSR count). The number of rotatable bonds is 7. The first-order valence-electron chi connectivity index (χ1n) is 9.34. The van der Waals surface area contributed by atoms with Crippen LogP contribution >= 0.6 is 11.8 Å². The second kappa shape index (κ2) is 8.75. The first-order valence-corrected chi connectivity index (χ1v) is 10.5. The summed E-state index contributed by atoms with van der Waals surface area (Å²) >= 11 is 1.83. The van der Waals surface area contributed by atoms with E-state index in [1.807, 2.05) is 16.7 Å². The van der Waals surface area contributed by atoms with Crippen LogP contribution in [-0.4, -0.2) is 41.6 Å². The summed E-state index contributed by atoms with van der Waals surface area (Å²) < 4.78 is 0. The smallest absolute Gasteiger partial charge is 0.225 e. The number of carbonyl (C=O) groups is 2. The molecule has 136 valence electrons. The van der Waals surface area contributed by atoms with Gasteiger partial charge in [0.1, 0.15) is 0 Å². The molecule has 5 heteroatoms. The SMILES string of the molecule is Cc1ccccc1CSCCNC(=O)C1CC(=O)N(C2CCCC2)C1. The van der Waals surface area contributed by atoms with Crippen molar-refractivity contribution in [1.82, 2.24) is 10.2 Å². The molecule has 1 unspecified atom stereocenters. The lowest BCUT2D eigenvalue weighted by atomic mass is 10.1. The van der Waals surface area contributed by atoms with E-state index in [1.54, 1.807) is 0 Å². The molecule has 1 saturated carbocycles. The lowest BCUT2D eigenvalue weighted by Crippen LogP contribution is -2.37. The van der Waals surface area contributed by atoms with Crippen molar-refractivity contribution >= 4 is 23.6 Å². The summed E-state index contributed by atoms with van der Waals surface area (Å²) in [6.07, 6.45) is 5.02. The molecular weight excluding hydrogens is 332 g/mol. The Balaban J connectivity index is 1.35. The van der Waals surface area contributed by atoms with Crippen LogP contribution in [-0.2, 0) is 15.3 Å². The lowest BCUT2D eigenvalue weighted by molar-refractivity contribution is -0.130. The lowest BCUT2D eigenvalue weighted by Gasteiger charge is -2.23. The van der Waals surface area contributed by atoms with Crippen LogP contribution in [0.15, 0.2) is 24.3 Å². The van der Waals surface area contributed by atoms with Crippen molar-refractivity contribution in [3.63, 3.8) is 0 Å². The van der Waals surface area contributed by atoms with Gasteiger partial charge in [0.15, 0.2) is 0 Å². The minimum absolute atomic E-state index is 0.0466. The largest absolute Gasteiger partial charge is 0.355 e. The zero-order chi connectivity index (χ0) is 17.6. The molecule has 2 amide bonds. The standard InChI is InChI=1S/C20H28N2O2S/c1-15-6-2-3-7-16(15)14-25-11-10-21-20(24)17-12-19(23)22(13-17)18-8-4-5-9-18/h2-3,6-7,17-18H,4-5,8-14H2,1H3,(H,21,24). The summed E-state index contributed by atoms with van der Waals surface area (Å²) in [5.41, 5.74) is 2.67. The average Bonchev–Trinajstić information content (AvgIpc) is 3.25. The van der Waals surface area contributed by atoms with E-state index in [-0.39, 0.29) is 17.7 Å². The van der Waals surface area contributed by atoms with Crippen molar-refractivity contribution in [2.24, 2.45) is 5.92 Å². The number of carbonyl (C=O) groups excluding carboxylic acids is 2. The molecule has 1 N–H and O–H groups in total. The molecule has 1 heterocycles. The van der Waals surface area contributed by atoms with Gasteiger partial charge in [-0.05, 0) is 30.9 Å². The van der Waals surface area contributed by atoms with E-state index in [9.17, 15) is 9.59 Å². The Bertz CT molecular complexity index is 613. The van der Waals surface area contributed by atoms with Gasteiger partial charge in [0.2, 0.25) is 11.8 Å². The highest BCUT2D eigenvalue weighted by Crippen LogP contribution is 2.29. The molecule has 2 fully saturated rings. The number of thioether (sulfide) groups is 1. The van der Waals surface area contributed by atoms with E-state index in [2.05, 4.69) is 36.5 Å². The van der Waals surface area contributed by atoms with Gasteiger partial charge >= 0.3 is 0 Å². The number of nitrogens with one attached hydrogen (secondary N) is 1. The average molecular weight is 361 g/mol. The van der Waals surface area contributed by atoms with Crippen molar-refractivity contribution in [3.05, 3.63) is 35.4 Å². The molecule has 1 atom stereocenters. The summed E-state index contributed by atoms with van der Waals surface area (Å²) in [5.74, 6) is 1.92. The maximum atomic E-state index is 12.3. The van der Waals surface area contributed by atoms with Crippen molar-refractivity contribution in [3.8, 4) is 0 Å². The normalized spacial score (nSPS) is 21.1. The highest BCUT2D eigenvalue weighted by atomic mass is 32.2. The second-order valence-electron chi connectivity index (χ2n) is 7.16. The molecule has 1 aliphatic carbocycles. The Kier molecular flexibility index (Phi) is 6.40. The summed E-state index contributed by atoms with van der Waals surface area (Å²) in [5, 5.41) is 3.02. The quantitative estimate of drug-likeness (QED) is 0.760. The van der Waals surface area contributed by atoms with Crippen LogP contribution in [0.2, 0.25) is 0 Å². The number of amides is 2. The van der Waals surface area contributed by atoms with Crippen molar-refractivity contribution in [2.75, 3.05) is 18.8 Å². The maximum absolute atomic E-state index is 12.3. The zero-order valence-corrected chi connectivity index (χ0v) is 15.8. The van der Waals surface area contributed by atoms with Gasteiger partial charge in [0, 0.05) is 37.1 Å². The van der Waals surface area contributed by atoms with E-state index in [0.29, 0.717) is 25.6 Å². The fraction of sp³-hybridized carbons (Fsp3) is 0.600. The Morgan fingerprint density at radius 3 is 2.80 bits per heavy atom. The molecule has 4 nitrogen and oxygen atoms in total. The van der Waals surface area contributed by atoms with Crippen LogP contribution in [0.3, 0.4) is 0 Å². The van der Waals surface area contributed by atoms with E-state index in [1.165, 1.54) is 24.0 Å². The predicted molar refractivity (Wildman–Crippen MR) is 102 cm³/mol. The topological polar surface area (TPSA) is 49.4 Å². The van der Waals surface area contributed by atoms with Crippen LogP contribution in [0, 0.1) is 12.8 Å². The third-order valence-electron chi connectivity index (χ3n) is 5.36. The number of benzene rings is 1. The van der Waals surface area contributed by atoms with Gasteiger partial charge in [-0.15, -0.1) is 0 Å². The van der Waals surface area contributed by atoms with E-state index in [0.717, 1.165) is 24.3 Å². The number of likely N-dealkylation sites (tertiary alicyclic amines) is 1. The van der Waals surface area contributed by atoms with Gasteiger partial charge in [0.05, 0.1) is 5.92 Å². The van der Waals surface area contributed by atoms with Crippen molar-refractivity contribution in [2.45, 2.75) is 50.8 Å². The molecule has 1 saturated heterocycles. The molecule has 0 spiro atoms. The van der Waals surface area contributed by atoms with E-state index < -0.39 is 0 Å². The first kappa shape index (κ1) is 18.3. The molecular formula is C20H28N2O2S. The van der Waals surface area contributed by atoms with Crippen LogP contribution in [0.25, 0.3) is 0 Å². The van der Waals surface area contributed by atoms with E-state index >= 15 is 0 Å². The summed E-state index contributed by atoms with van der Waals surface area (Å²) in [6.45, 7) is 3.42. The van der Waals surface area contributed by atoms with Gasteiger partial charge < -0.3 is 10.2 Å². The molecule has 2 aliphatic rings. The van der Waals surface area contributed by atoms with Crippen LogP contribution < -0.4 is 5.32 Å². The number of nitrogens with zero attached hydrogens (tertiary/aromatic N) is 1. The summed E-state index contributed by atoms with van der Waals surface area (Å²) in [4.78, 5) is 26.5. The first-order chi connectivity index (χ1) is 12.1. The Labute approximate surface area is 154 Å². The Hall–Kier alpha value is -1.49. The van der Waals surface area contributed by atoms with Gasteiger partial charge in [-0.3, -0.25) is 9.59 Å². The van der Waals surface area contributed by atoms with Crippen LogP contribution in [0.5, 0.6) is 0 Å². The summed E-state index contributed by atoms with van der Waals surface area (Å²) in [6, 6.07) is 8.79. The molecule has 25 heavy (non-hydrogen) atoms. The Morgan fingerprint density at radius 1 is 1.28 bits per heavy atom. The van der Waals surface area contributed by atoms with Gasteiger partial charge in [-0.1, -0.05) is 37.1 Å². The molecule has 0 aromatic heterocycles. The number of aryl methyl sites for hydroxylation is 1. The third kappa shape index (κ3) is 4.78. The second-order valence-corrected chi connectivity index (χ2v) is 8.26. The van der Waals surface area contributed by atoms with Crippen molar-refractivity contribution in [1.29, 1.82) is 0 Å². The minimum atomic E-state index is -0.158. The van der Waals surface area contributed by atoms with Gasteiger partial charge in [-0.2, -0.15) is 11.8 Å². The Morgan fingerprint density at radius 2 is 2.04 bits per heavy atom. The third-order valence-corrected chi connectivity index (χ3v) is 6.37. The molecule has 1 aromatic carbocycles. The van der Waals surface area contributed by atoms with Gasteiger partial charge in [-0.25, -0.2) is 0 Å². The molecule has 0 bridgehead atoms. The molecule has 1 aromatic rings. The van der Waals surface area contributed by atoms with Crippen molar-refractivity contribution < 1.29 is 9.59 Å². The zero-order valence-electron chi connectivity index (χ0n) is 15.0.